The van der Waals surface area contributed by atoms with E-state index in [1.54, 1.807) is 0 Å². The van der Waals surface area contributed by atoms with Crippen molar-refractivity contribution in [2.75, 3.05) is 7.05 Å². The van der Waals surface area contributed by atoms with E-state index in [4.69, 9.17) is 5.73 Å². The number of alkyl halides is 3. The molecule has 4 rings (SSSR count). The van der Waals surface area contributed by atoms with Crippen molar-refractivity contribution in [3.8, 4) is 0 Å². The van der Waals surface area contributed by atoms with Crippen molar-refractivity contribution in [2.24, 2.45) is 45.7 Å². The molecular formula is C25H37F3N2O2. The molecule has 0 aromatic carbocycles. The normalized spacial score (nSPS) is 45.0. The van der Waals surface area contributed by atoms with Crippen LogP contribution in [-0.2, 0) is 9.59 Å². The minimum absolute atomic E-state index is 0.0246. The molecule has 0 radical (unpaired) electrons. The monoisotopic (exact) mass is 454 g/mol. The number of carbonyl (C=O) groups is 2. The molecule has 4 aliphatic rings. The van der Waals surface area contributed by atoms with Gasteiger partial charge in [0.1, 0.15) is 0 Å². The summed E-state index contributed by atoms with van der Waals surface area (Å²) in [5.74, 6) is -1.91. The molecule has 8 atom stereocenters. The number of hydrogen-bond acceptors (Lipinski definition) is 2. The lowest BCUT2D eigenvalue weighted by atomic mass is 9.43. The van der Waals surface area contributed by atoms with Gasteiger partial charge in [0.15, 0.2) is 0 Å². The summed E-state index contributed by atoms with van der Waals surface area (Å²) in [6.07, 6.45) is 0.670. The largest absolute Gasteiger partial charge is 0.396 e. The van der Waals surface area contributed by atoms with Crippen LogP contribution in [0.4, 0.5) is 13.2 Å². The molecule has 1 aliphatic heterocycles. The van der Waals surface area contributed by atoms with Crippen LogP contribution in [0.1, 0.15) is 72.1 Å². The highest BCUT2D eigenvalue weighted by Crippen LogP contribution is 2.72. The number of amides is 2. The van der Waals surface area contributed by atoms with E-state index in [2.05, 4.69) is 13.5 Å². The van der Waals surface area contributed by atoms with Crippen molar-refractivity contribution in [2.45, 2.75) is 84.4 Å². The fraction of sp³-hybridized carbons (Fsp3) is 0.840. The molecule has 0 aromatic rings. The topological polar surface area (TPSA) is 63.4 Å². The van der Waals surface area contributed by atoms with Gasteiger partial charge in [0.25, 0.3) is 0 Å². The Morgan fingerprint density at radius 1 is 1.12 bits per heavy atom. The molecule has 3 aliphatic carbocycles. The maximum atomic E-state index is 14.3. The number of rotatable bonds is 3. The van der Waals surface area contributed by atoms with Crippen molar-refractivity contribution in [3.05, 3.63) is 12.2 Å². The number of nitrogens with zero attached hydrogens (tertiary/aromatic N) is 1. The Labute approximate surface area is 189 Å². The first-order chi connectivity index (χ1) is 14.7. The SMILES string of the molecule is C=C(C)C(C(F)(F)F)C1(C(N)=O)CC[C@H]2[C@@H]3CCC4N(C)C(=O)CC[C@]4(C)[C@@H]3CC[C@@]21C. The molecule has 1 heterocycles. The van der Waals surface area contributed by atoms with E-state index in [1.807, 2.05) is 18.9 Å². The second-order valence-corrected chi connectivity index (χ2v) is 11.6. The smallest absolute Gasteiger partial charge is 0.369 e. The molecule has 1 saturated heterocycles. The van der Waals surface area contributed by atoms with Crippen LogP contribution in [0.25, 0.3) is 0 Å². The summed E-state index contributed by atoms with van der Waals surface area (Å²) in [7, 11) is 1.89. The highest BCUT2D eigenvalue weighted by molar-refractivity contribution is 5.83. The number of likely N-dealkylation sites (tertiary alicyclic amines) is 1. The second-order valence-electron chi connectivity index (χ2n) is 11.6. The zero-order valence-corrected chi connectivity index (χ0v) is 19.7. The molecule has 2 N–H and O–H groups in total. The summed E-state index contributed by atoms with van der Waals surface area (Å²) in [6.45, 7) is 9.22. The van der Waals surface area contributed by atoms with Gasteiger partial charge in [-0.05, 0) is 80.5 Å². The van der Waals surface area contributed by atoms with E-state index >= 15 is 0 Å². The lowest BCUT2D eigenvalue weighted by Gasteiger charge is -2.63. The standard InChI is InChI=1S/C25H37F3N2O2/c1-14(2)20(25(26,27)28)24(21(29)32)13-9-17-15-6-7-18-22(3,11-10-19(31)30(18)5)16(15)8-12-23(17,24)4/h15-18,20H,1,6-13H2,2-5H3,(H2,29,32)/t15-,16-,17+,18?,20?,22-,23+,24?/m1/s1. The Morgan fingerprint density at radius 3 is 2.31 bits per heavy atom. The molecule has 3 saturated carbocycles. The van der Waals surface area contributed by atoms with Crippen LogP contribution in [0.2, 0.25) is 0 Å². The third-order valence-electron chi connectivity index (χ3n) is 10.6. The quantitative estimate of drug-likeness (QED) is 0.605. The highest BCUT2D eigenvalue weighted by atomic mass is 19.4. The van der Waals surface area contributed by atoms with Gasteiger partial charge in [0.05, 0.1) is 11.3 Å². The zero-order chi connectivity index (χ0) is 23.9. The third-order valence-corrected chi connectivity index (χ3v) is 10.6. The van der Waals surface area contributed by atoms with Crippen molar-refractivity contribution >= 4 is 11.8 Å². The maximum Gasteiger partial charge on any atom is 0.396 e. The number of halogens is 3. The number of fused-ring (bicyclic) bond motifs is 5. The fourth-order valence-electron chi connectivity index (χ4n) is 9.23. The zero-order valence-electron chi connectivity index (χ0n) is 19.7. The summed E-state index contributed by atoms with van der Waals surface area (Å²) in [4.78, 5) is 27.2. The van der Waals surface area contributed by atoms with Gasteiger partial charge in [-0.15, -0.1) is 0 Å². The maximum absolute atomic E-state index is 14.3. The van der Waals surface area contributed by atoms with Gasteiger partial charge in [0.2, 0.25) is 11.8 Å². The summed E-state index contributed by atoms with van der Waals surface area (Å²) < 4.78 is 43.0. The van der Waals surface area contributed by atoms with E-state index in [-0.39, 0.29) is 41.2 Å². The summed E-state index contributed by atoms with van der Waals surface area (Å²) in [5, 5.41) is 0. The second kappa shape index (κ2) is 7.23. The molecule has 3 unspecified atom stereocenters. The van der Waals surface area contributed by atoms with Crippen molar-refractivity contribution in [1.82, 2.24) is 4.90 Å². The van der Waals surface area contributed by atoms with E-state index in [9.17, 15) is 22.8 Å². The molecule has 2 amide bonds. The highest BCUT2D eigenvalue weighted by Gasteiger charge is 2.72. The van der Waals surface area contributed by atoms with E-state index in [0.29, 0.717) is 25.2 Å². The Bertz CT molecular complexity index is 842. The van der Waals surface area contributed by atoms with Crippen molar-refractivity contribution in [1.29, 1.82) is 0 Å². The first kappa shape index (κ1) is 23.6. The molecule has 180 valence electrons. The fourth-order valence-corrected chi connectivity index (χ4v) is 9.23. The van der Waals surface area contributed by atoms with Crippen LogP contribution in [0, 0.1) is 39.9 Å². The van der Waals surface area contributed by atoms with Gasteiger partial charge in [-0.25, -0.2) is 0 Å². The molecular weight excluding hydrogens is 417 g/mol. The minimum Gasteiger partial charge on any atom is -0.369 e. The average Bonchev–Trinajstić information content (AvgIpc) is 2.98. The van der Waals surface area contributed by atoms with Gasteiger partial charge < -0.3 is 10.6 Å². The number of nitrogens with two attached hydrogens (primary N) is 1. The predicted molar refractivity (Wildman–Crippen MR) is 116 cm³/mol. The van der Waals surface area contributed by atoms with E-state index in [0.717, 1.165) is 25.7 Å². The van der Waals surface area contributed by atoms with Crippen LogP contribution in [0.15, 0.2) is 12.2 Å². The van der Waals surface area contributed by atoms with Crippen LogP contribution in [0.5, 0.6) is 0 Å². The molecule has 0 aromatic heterocycles. The summed E-state index contributed by atoms with van der Waals surface area (Å²) in [5.41, 5.74) is 3.36. The lowest BCUT2D eigenvalue weighted by Crippen LogP contribution is -2.63. The number of carbonyl (C=O) groups excluding carboxylic acids is 2. The molecule has 4 nitrogen and oxygen atoms in total. The van der Waals surface area contributed by atoms with Crippen LogP contribution in [0.3, 0.4) is 0 Å². The summed E-state index contributed by atoms with van der Waals surface area (Å²) in [6, 6.07) is 0.190. The number of allylic oxidation sites excluding steroid dienone is 1. The minimum atomic E-state index is -4.56. The van der Waals surface area contributed by atoms with Gasteiger partial charge in [-0.3, -0.25) is 9.59 Å². The number of hydrogen-bond donors (Lipinski definition) is 1. The first-order valence-electron chi connectivity index (χ1n) is 12.0. The van der Waals surface area contributed by atoms with Gasteiger partial charge in [-0.1, -0.05) is 26.0 Å². The van der Waals surface area contributed by atoms with Gasteiger partial charge in [0, 0.05) is 19.5 Å². The molecule has 0 bridgehead atoms. The average molecular weight is 455 g/mol. The Kier molecular flexibility index (Phi) is 5.34. The molecule has 32 heavy (non-hydrogen) atoms. The Balaban J connectivity index is 1.75. The molecule has 7 heteroatoms. The third kappa shape index (κ3) is 2.87. The van der Waals surface area contributed by atoms with E-state index in [1.165, 1.54) is 6.92 Å². The number of primary amides is 1. The van der Waals surface area contributed by atoms with Crippen LogP contribution >= 0.6 is 0 Å². The van der Waals surface area contributed by atoms with Crippen molar-refractivity contribution < 1.29 is 22.8 Å². The predicted octanol–water partition coefficient (Wildman–Crippen LogP) is 5.08. The van der Waals surface area contributed by atoms with E-state index < -0.39 is 28.8 Å². The van der Waals surface area contributed by atoms with Crippen molar-refractivity contribution in [3.63, 3.8) is 0 Å². The van der Waals surface area contributed by atoms with Crippen LogP contribution < -0.4 is 5.73 Å². The molecule has 0 spiro atoms. The number of piperidine rings is 1. The van der Waals surface area contributed by atoms with Crippen LogP contribution in [-0.4, -0.2) is 36.0 Å². The van der Waals surface area contributed by atoms with Gasteiger partial charge in [-0.2, -0.15) is 13.2 Å². The molecule has 4 fully saturated rings. The first-order valence-corrected chi connectivity index (χ1v) is 12.0. The lowest BCUT2D eigenvalue weighted by molar-refractivity contribution is -0.222. The Hall–Kier alpha value is -1.53. The Morgan fingerprint density at radius 2 is 1.75 bits per heavy atom. The summed E-state index contributed by atoms with van der Waals surface area (Å²) >= 11 is 0. The van der Waals surface area contributed by atoms with Gasteiger partial charge >= 0.3 is 6.18 Å².